The number of nitrogens with zero attached hydrogens (tertiary/aromatic N) is 7. The minimum atomic E-state index is -0.786. The van der Waals surface area contributed by atoms with E-state index < -0.39 is 34.7 Å². The molecule has 1 aliphatic rings. The lowest BCUT2D eigenvalue weighted by molar-refractivity contribution is 0.101. The molecule has 212 valence electrons. The molecule has 1 aromatic carbocycles. The number of aromatic nitrogens is 5. The average Bonchev–Trinajstić information content (AvgIpc) is 3.68. The first-order chi connectivity index (χ1) is 19.9. The molecule has 13 heteroatoms. The molecule has 1 aliphatic heterocycles. The molecule has 4 aromatic rings. The molecular weight excluding hydrogens is 526 g/mol. The fourth-order valence-electron chi connectivity index (χ4n) is 5.23. The zero-order valence-electron chi connectivity index (χ0n) is 22.8. The zero-order valence-corrected chi connectivity index (χ0v) is 22.8. The van der Waals surface area contributed by atoms with E-state index in [0.717, 1.165) is 43.9 Å². The molecule has 2 unspecified atom stereocenters. The van der Waals surface area contributed by atoms with Gasteiger partial charge in [-0.2, -0.15) is 10.4 Å². The van der Waals surface area contributed by atoms with Gasteiger partial charge in [-0.3, -0.25) is 23.7 Å². The van der Waals surface area contributed by atoms with Crippen molar-refractivity contribution in [3.05, 3.63) is 87.7 Å². The summed E-state index contributed by atoms with van der Waals surface area (Å²) in [6.45, 7) is 7.32. The van der Waals surface area contributed by atoms with Crippen LogP contribution < -0.4 is 16.2 Å². The lowest BCUT2D eigenvalue weighted by Crippen LogP contribution is -2.44. The Balaban J connectivity index is 1.52. The first-order valence-corrected chi connectivity index (χ1v) is 13.3. The molecule has 0 saturated carbocycles. The Morgan fingerprint density at radius 2 is 2.02 bits per heavy atom. The second-order valence-electron chi connectivity index (χ2n) is 9.99. The second-order valence-corrected chi connectivity index (χ2v) is 9.99. The number of carbonyl (C=O) groups excluding carboxylic acids is 1. The molecule has 0 bridgehead atoms. The van der Waals surface area contributed by atoms with E-state index in [1.54, 1.807) is 18.3 Å². The molecule has 13 nitrogen and oxygen atoms in total. The molecule has 3 aromatic heterocycles. The molecule has 5 rings (SSSR count). The van der Waals surface area contributed by atoms with Crippen LogP contribution in [0, 0.1) is 11.3 Å². The lowest BCUT2D eigenvalue weighted by atomic mass is 9.80. The molecule has 1 amide bonds. The highest BCUT2D eigenvalue weighted by Gasteiger charge is 2.31. The Kier molecular flexibility index (Phi) is 8.23. The highest BCUT2D eigenvalue weighted by Crippen LogP contribution is 2.39. The molecule has 0 radical (unpaired) electrons. The Hall–Kier alpha value is -4.80. The standard InChI is InChI=1S/C28H31N9O4/c1-18(26-34-24(25(38)28(40)35(26)2)27(39)33-21-15-32-41-17-21)23(22-6-4-3-5-19(22)13-29)20-14-31-37(16-20)12-11-36-9-7-30-8-10-36/h3-6,14-18,23,30,38H,7-12H2,1-2H3,(H,33,39). The zero-order chi connectivity index (χ0) is 28.9. The van der Waals surface area contributed by atoms with Crippen LogP contribution in [0.15, 0.2) is 58.4 Å². The van der Waals surface area contributed by atoms with E-state index in [1.807, 2.05) is 29.9 Å². The summed E-state index contributed by atoms with van der Waals surface area (Å²) in [7, 11) is 1.49. The maximum atomic E-state index is 13.1. The number of rotatable bonds is 9. The number of hydrogen-bond donors (Lipinski definition) is 3. The summed E-state index contributed by atoms with van der Waals surface area (Å²) in [6, 6.07) is 9.53. The number of aromatic hydroxyl groups is 1. The van der Waals surface area contributed by atoms with E-state index in [0.29, 0.717) is 12.1 Å². The van der Waals surface area contributed by atoms with E-state index in [9.17, 15) is 20.0 Å². The van der Waals surface area contributed by atoms with Gasteiger partial charge in [-0.1, -0.05) is 30.3 Å². The van der Waals surface area contributed by atoms with Gasteiger partial charge < -0.3 is 20.3 Å². The van der Waals surface area contributed by atoms with Crippen LogP contribution in [0.1, 0.15) is 51.8 Å². The Bertz CT molecular complexity index is 1610. The van der Waals surface area contributed by atoms with Crippen molar-refractivity contribution in [3.8, 4) is 11.8 Å². The second kappa shape index (κ2) is 12.2. The van der Waals surface area contributed by atoms with Crippen molar-refractivity contribution in [3.63, 3.8) is 0 Å². The van der Waals surface area contributed by atoms with Crippen LogP contribution in [0.2, 0.25) is 0 Å². The predicted molar refractivity (Wildman–Crippen MR) is 149 cm³/mol. The number of benzene rings is 1. The van der Waals surface area contributed by atoms with Gasteiger partial charge in [0.1, 0.15) is 17.8 Å². The Morgan fingerprint density at radius 1 is 1.24 bits per heavy atom. The quantitative estimate of drug-likeness (QED) is 0.275. The van der Waals surface area contributed by atoms with Crippen molar-refractivity contribution in [2.75, 3.05) is 38.0 Å². The Morgan fingerprint density at radius 3 is 2.76 bits per heavy atom. The number of carbonyl (C=O) groups is 1. The highest BCUT2D eigenvalue weighted by atomic mass is 16.5. The van der Waals surface area contributed by atoms with E-state index in [1.165, 1.54) is 24.1 Å². The maximum Gasteiger partial charge on any atom is 0.296 e. The minimum Gasteiger partial charge on any atom is -0.501 e. The van der Waals surface area contributed by atoms with Crippen LogP contribution in [-0.4, -0.2) is 73.1 Å². The SMILES string of the molecule is CC(c1nc(C(=O)Nc2cnoc2)c(O)c(=O)n1C)C(c1cnn(CCN2CCNCC2)c1)c1ccccc1C#N. The first kappa shape index (κ1) is 27.8. The van der Waals surface area contributed by atoms with Gasteiger partial charge in [-0.15, -0.1) is 0 Å². The number of amides is 1. The highest BCUT2D eigenvalue weighted by molar-refractivity contribution is 6.04. The summed E-state index contributed by atoms with van der Waals surface area (Å²) in [6.07, 6.45) is 6.23. The largest absolute Gasteiger partial charge is 0.501 e. The van der Waals surface area contributed by atoms with Gasteiger partial charge in [0.25, 0.3) is 11.5 Å². The number of hydrogen-bond acceptors (Lipinski definition) is 10. The Labute approximate surface area is 236 Å². The van der Waals surface area contributed by atoms with Crippen LogP contribution >= 0.6 is 0 Å². The topological polar surface area (TPSA) is 167 Å². The van der Waals surface area contributed by atoms with E-state index in [-0.39, 0.29) is 11.5 Å². The third-order valence-electron chi connectivity index (χ3n) is 7.40. The van der Waals surface area contributed by atoms with Gasteiger partial charge in [0, 0.05) is 57.8 Å². The van der Waals surface area contributed by atoms with Crippen LogP contribution in [0.25, 0.3) is 0 Å². The summed E-state index contributed by atoms with van der Waals surface area (Å²) < 4.78 is 7.85. The fourth-order valence-corrected chi connectivity index (χ4v) is 5.23. The maximum absolute atomic E-state index is 13.1. The van der Waals surface area contributed by atoms with Crippen molar-refractivity contribution in [2.24, 2.45) is 7.05 Å². The van der Waals surface area contributed by atoms with Crippen molar-refractivity contribution >= 4 is 11.6 Å². The van der Waals surface area contributed by atoms with Gasteiger partial charge in [0.15, 0.2) is 5.69 Å². The van der Waals surface area contributed by atoms with Gasteiger partial charge in [-0.25, -0.2) is 4.98 Å². The average molecular weight is 558 g/mol. The van der Waals surface area contributed by atoms with Crippen molar-refractivity contribution in [1.29, 1.82) is 5.26 Å². The third-order valence-corrected chi connectivity index (χ3v) is 7.40. The van der Waals surface area contributed by atoms with Crippen molar-refractivity contribution < 1.29 is 14.4 Å². The fraction of sp³-hybridized carbons (Fsp3) is 0.357. The summed E-state index contributed by atoms with van der Waals surface area (Å²) in [5.41, 5.74) is 1.11. The minimum absolute atomic E-state index is 0.250. The molecule has 1 saturated heterocycles. The third kappa shape index (κ3) is 5.88. The van der Waals surface area contributed by atoms with Crippen molar-refractivity contribution in [1.82, 2.24) is 34.7 Å². The molecular formula is C28H31N9O4. The molecule has 0 aliphatic carbocycles. The predicted octanol–water partition coefficient (Wildman–Crippen LogP) is 1.64. The molecule has 3 N–H and O–H groups in total. The molecule has 1 fully saturated rings. The van der Waals surface area contributed by atoms with E-state index in [4.69, 9.17) is 4.52 Å². The van der Waals surface area contributed by atoms with Crippen LogP contribution in [0.5, 0.6) is 5.75 Å². The molecule has 2 atom stereocenters. The van der Waals surface area contributed by atoms with Gasteiger partial charge in [0.05, 0.1) is 30.6 Å². The van der Waals surface area contributed by atoms with E-state index >= 15 is 0 Å². The van der Waals surface area contributed by atoms with E-state index in [2.05, 4.69) is 36.8 Å². The van der Waals surface area contributed by atoms with Crippen LogP contribution in [0.3, 0.4) is 0 Å². The summed E-state index contributed by atoms with van der Waals surface area (Å²) in [5, 5.41) is 34.5. The summed E-state index contributed by atoms with van der Waals surface area (Å²) in [5.74, 6) is -2.24. The number of nitrogens with one attached hydrogen (secondary N) is 2. The number of piperazine rings is 1. The van der Waals surface area contributed by atoms with Gasteiger partial charge >= 0.3 is 0 Å². The smallest absolute Gasteiger partial charge is 0.296 e. The summed E-state index contributed by atoms with van der Waals surface area (Å²) >= 11 is 0. The molecule has 41 heavy (non-hydrogen) atoms. The molecule has 0 spiro atoms. The number of nitriles is 1. The molecule has 4 heterocycles. The van der Waals surface area contributed by atoms with Crippen LogP contribution in [0.4, 0.5) is 5.69 Å². The van der Waals surface area contributed by atoms with Crippen LogP contribution in [-0.2, 0) is 13.6 Å². The normalized spacial score (nSPS) is 15.2. The monoisotopic (exact) mass is 557 g/mol. The van der Waals surface area contributed by atoms with Gasteiger partial charge in [-0.05, 0) is 17.2 Å². The van der Waals surface area contributed by atoms with Crippen molar-refractivity contribution in [2.45, 2.75) is 25.3 Å². The first-order valence-electron chi connectivity index (χ1n) is 13.3. The lowest BCUT2D eigenvalue weighted by Gasteiger charge is -2.27. The van der Waals surface area contributed by atoms with Gasteiger partial charge in [0.2, 0.25) is 5.75 Å². The summed E-state index contributed by atoms with van der Waals surface area (Å²) in [4.78, 5) is 32.9. The number of anilines is 1.